The van der Waals surface area contributed by atoms with Crippen LogP contribution in [0.2, 0.25) is 0 Å². The second-order valence-corrected chi connectivity index (χ2v) is 12.6. The van der Waals surface area contributed by atoms with Crippen molar-refractivity contribution in [3.8, 4) is 0 Å². The average molecular weight is 527 g/mol. The van der Waals surface area contributed by atoms with Gasteiger partial charge in [0.2, 0.25) is 12.3 Å². The van der Waals surface area contributed by atoms with Gasteiger partial charge in [-0.2, -0.15) is 0 Å². The number of fused-ring (bicyclic) bond motifs is 2. The van der Waals surface area contributed by atoms with Gasteiger partial charge in [0, 0.05) is 41.4 Å². The number of piperidine rings is 1. The Bertz CT molecular complexity index is 1060. The highest BCUT2D eigenvalue weighted by molar-refractivity contribution is 7.16. The van der Waals surface area contributed by atoms with E-state index >= 15 is 0 Å². The molecular weight excluding hydrogens is 484 g/mol. The molecule has 9 heteroatoms. The molecule has 2 aromatic heterocycles. The molecular formula is C28H42N6O2S. The third-order valence-corrected chi connectivity index (χ3v) is 9.90. The highest BCUT2D eigenvalue weighted by atomic mass is 32.1. The van der Waals surface area contributed by atoms with Crippen LogP contribution >= 0.6 is 11.3 Å². The fraction of sp³-hybridized carbons (Fsp3) is 0.714. The standard InChI is InChI=1S/C28H42N6O2S/c1-18(2)27-32-31-19(3)34(27)23-15-21-9-10-22(16-23)33(21)14-13-24(25-11-12-26(37-25)29-17-35)30-28(36)20-7-5-4-6-8-20/h11-12,17-18,20-24H,4-10,13-16H2,1-3H3,(H,29,35)(H,30,36)/t21-,22-,24-/m0/s1. The SMILES string of the molecule is Cc1nnc(C(C)C)n1C1C[C@@H]2CC[C@@H](C1)N2CC[C@H](NC(=O)C1CCCCC1)c1ccc(NC=O)s1. The van der Waals surface area contributed by atoms with E-state index in [1.807, 2.05) is 6.07 Å². The Hall–Kier alpha value is -2.26. The first-order chi connectivity index (χ1) is 17.9. The van der Waals surface area contributed by atoms with Crippen molar-refractivity contribution in [1.29, 1.82) is 0 Å². The molecule has 8 nitrogen and oxygen atoms in total. The summed E-state index contributed by atoms with van der Waals surface area (Å²) in [6.07, 6.45) is 11.9. The zero-order chi connectivity index (χ0) is 25.9. The molecule has 3 aliphatic rings. The molecule has 1 aliphatic carbocycles. The molecule has 202 valence electrons. The molecule has 0 radical (unpaired) electrons. The second-order valence-electron chi connectivity index (χ2n) is 11.5. The molecule has 3 fully saturated rings. The van der Waals surface area contributed by atoms with E-state index in [4.69, 9.17) is 0 Å². The first kappa shape index (κ1) is 26.4. The van der Waals surface area contributed by atoms with Crippen molar-refractivity contribution in [2.75, 3.05) is 11.9 Å². The maximum Gasteiger partial charge on any atom is 0.223 e. The lowest BCUT2D eigenvalue weighted by Gasteiger charge is -2.40. The van der Waals surface area contributed by atoms with E-state index < -0.39 is 0 Å². The fourth-order valence-corrected chi connectivity index (χ4v) is 7.90. The van der Waals surface area contributed by atoms with E-state index in [9.17, 15) is 9.59 Å². The molecule has 0 unspecified atom stereocenters. The summed E-state index contributed by atoms with van der Waals surface area (Å²) in [7, 11) is 0. The second kappa shape index (κ2) is 11.6. The normalized spacial score (nSPS) is 25.4. The Balaban J connectivity index is 1.26. The maximum atomic E-state index is 13.2. The van der Waals surface area contributed by atoms with Crippen molar-refractivity contribution in [2.24, 2.45) is 5.92 Å². The zero-order valence-corrected chi connectivity index (χ0v) is 23.3. The molecule has 0 aromatic carbocycles. The number of carbonyl (C=O) groups excluding carboxylic acids is 2. The molecule has 2 amide bonds. The van der Waals surface area contributed by atoms with E-state index in [2.05, 4.69) is 57.1 Å². The molecule has 0 spiro atoms. The van der Waals surface area contributed by atoms with Crippen LogP contribution in [0.5, 0.6) is 0 Å². The van der Waals surface area contributed by atoms with Crippen LogP contribution in [0.1, 0.15) is 113 Å². The summed E-state index contributed by atoms with van der Waals surface area (Å²) in [6.45, 7) is 7.46. The van der Waals surface area contributed by atoms with Crippen LogP contribution in [-0.4, -0.2) is 50.6 Å². The number of amides is 2. The minimum atomic E-state index is -0.0219. The van der Waals surface area contributed by atoms with Crippen molar-refractivity contribution in [3.05, 3.63) is 28.7 Å². The molecule has 2 aliphatic heterocycles. The van der Waals surface area contributed by atoms with Crippen LogP contribution in [0.4, 0.5) is 5.00 Å². The van der Waals surface area contributed by atoms with Gasteiger partial charge in [-0.15, -0.1) is 21.5 Å². The highest BCUT2D eigenvalue weighted by Gasteiger charge is 2.42. The smallest absolute Gasteiger partial charge is 0.223 e. The van der Waals surface area contributed by atoms with Gasteiger partial charge in [0.1, 0.15) is 11.6 Å². The average Bonchev–Trinajstić information content (AvgIpc) is 3.58. The monoisotopic (exact) mass is 526 g/mol. The number of hydrogen-bond donors (Lipinski definition) is 2. The number of anilines is 1. The van der Waals surface area contributed by atoms with Gasteiger partial charge >= 0.3 is 0 Å². The van der Waals surface area contributed by atoms with E-state index in [0.717, 1.165) is 79.4 Å². The van der Waals surface area contributed by atoms with Crippen molar-refractivity contribution in [2.45, 2.75) is 115 Å². The highest BCUT2D eigenvalue weighted by Crippen LogP contribution is 2.42. The topological polar surface area (TPSA) is 92.2 Å². The number of aromatic nitrogens is 3. The van der Waals surface area contributed by atoms with Crippen LogP contribution in [0.15, 0.2) is 12.1 Å². The molecule has 4 heterocycles. The van der Waals surface area contributed by atoms with Gasteiger partial charge in [-0.05, 0) is 64.0 Å². The number of hydrogen-bond acceptors (Lipinski definition) is 6. The van der Waals surface area contributed by atoms with Crippen LogP contribution in [0.25, 0.3) is 0 Å². The summed E-state index contributed by atoms with van der Waals surface area (Å²) >= 11 is 1.57. The van der Waals surface area contributed by atoms with Crippen molar-refractivity contribution in [3.63, 3.8) is 0 Å². The van der Waals surface area contributed by atoms with Crippen LogP contribution < -0.4 is 10.6 Å². The lowest BCUT2D eigenvalue weighted by atomic mass is 9.88. The molecule has 3 atom stereocenters. The number of thiophene rings is 1. The summed E-state index contributed by atoms with van der Waals surface area (Å²) in [6, 6.07) is 5.58. The van der Waals surface area contributed by atoms with E-state index in [1.54, 1.807) is 11.3 Å². The Kier molecular flexibility index (Phi) is 8.29. The molecule has 37 heavy (non-hydrogen) atoms. The van der Waals surface area contributed by atoms with Crippen LogP contribution in [0, 0.1) is 12.8 Å². The predicted octanol–water partition coefficient (Wildman–Crippen LogP) is 5.34. The van der Waals surface area contributed by atoms with Gasteiger partial charge in [0.15, 0.2) is 0 Å². The number of nitrogens with zero attached hydrogens (tertiary/aromatic N) is 4. The molecule has 5 rings (SSSR count). The van der Waals surface area contributed by atoms with E-state index in [-0.39, 0.29) is 17.9 Å². The first-order valence-corrected chi connectivity index (χ1v) is 15.0. The lowest BCUT2D eigenvalue weighted by Crippen LogP contribution is -2.45. The minimum absolute atomic E-state index is 0.0219. The number of rotatable bonds is 10. The largest absolute Gasteiger partial charge is 0.348 e. The first-order valence-electron chi connectivity index (χ1n) is 14.2. The maximum absolute atomic E-state index is 13.2. The van der Waals surface area contributed by atoms with Gasteiger partial charge in [-0.25, -0.2) is 0 Å². The Morgan fingerprint density at radius 2 is 1.81 bits per heavy atom. The summed E-state index contributed by atoms with van der Waals surface area (Å²) < 4.78 is 2.41. The van der Waals surface area contributed by atoms with Crippen LogP contribution in [0.3, 0.4) is 0 Å². The summed E-state index contributed by atoms with van der Waals surface area (Å²) in [5, 5.41) is 15.9. The van der Waals surface area contributed by atoms with Gasteiger partial charge < -0.3 is 15.2 Å². The molecule has 2 aromatic rings. The third kappa shape index (κ3) is 5.77. The summed E-state index contributed by atoms with van der Waals surface area (Å²) in [5.74, 6) is 2.85. The zero-order valence-electron chi connectivity index (χ0n) is 22.5. The third-order valence-electron chi connectivity index (χ3n) is 8.77. The van der Waals surface area contributed by atoms with Crippen molar-refractivity contribution in [1.82, 2.24) is 25.0 Å². The summed E-state index contributed by atoms with van der Waals surface area (Å²) in [4.78, 5) is 28.0. The van der Waals surface area contributed by atoms with Crippen molar-refractivity contribution >= 4 is 28.7 Å². The Morgan fingerprint density at radius 1 is 1.08 bits per heavy atom. The molecule has 2 saturated heterocycles. The number of nitrogens with one attached hydrogen (secondary N) is 2. The molecule has 1 saturated carbocycles. The van der Waals surface area contributed by atoms with Crippen molar-refractivity contribution < 1.29 is 9.59 Å². The lowest BCUT2D eigenvalue weighted by molar-refractivity contribution is -0.126. The minimum Gasteiger partial charge on any atom is -0.348 e. The Labute approximate surface area is 224 Å². The van der Waals surface area contributed by atoms with Gasteiger partial charge in [-0.3, -0.25) is 14.5 Å². The van der Waals surface area contributed by atoms with Crippen LogP contribution in [-0.2, 0) is 9.59 Å². The summed E-state index contributed by atoms with van der Waals surface area (Å²) in [5.41, 5.74) is 0. The quantitative estimate of drug-likeness (QED) is 0.408. The van der Waals surface area contributed by atoms with E-state index in [1.165, 1.54) is 19.3 Å². The number of aryl methyl sites for hydroxylation is 1. The Morgan fingerprint density at radius 3 is 2.49 bits per heavy atom. The predicted molar refractivity (Wildman–Crippen MR) is 147 cm³/mol. The van der Waals surface area contributed by atoms with E-state index in [0.29, 0.717) is 24.0 Å². The fourth-order valence-electron chi connectivity index (χ4n) is 6.95. The van der Waals surface area contributed by atoms with Gasteiger partial charge in [0.05, 0.1) is 11.0 Å². The van der Waals surface area contributed by atoms with Gasteiger partial charge in [0.25, 0.3) is 0 Å². The number of carbonyl (C=O) groups is 2. The molecule has 2 bridgehead atoms. The molecule has 2 N–H and O–H groups in total. The van der Waals surface area contributed by atoms with Gasteiger partial charge in [-0.1, -0.05) is 33.1 Å².